The number of carbonyl (C=O) groups excluding carboxylic acids is 2. The van der Waals surface area contributed by atoms with Crippen LogP contribution in [-0.4, -0.2) is 21.6 Å². The first kappa shape index (κ1) is 18.9. The fraction of sp³-hybridized carbons (Fsp3) is 0.500. The number of imide groups is 1. The van der Waals surface area contributed by atoms with E-state index in [4.69, 9.17) is 0 Å². The molecule has 1 fully saturated rings. The number of aryl methyl sites for hydroxylation is 2. The number of carbonyl (C=O) groups is 2. The van der Waals surface area contributed by atoms with E-state index in [-0.39, 0.29) is 19.2 Å². The van der Waals surface area contributed by atoms with Gasteiger partial charge in [-0.3, -0.25) is 19.6 Å². The van der Waals surface area contributed by atoms with Crippen LogP contribution < -0.4 is 5.32 Å². The average molecular weight is 319 g/mol. The van der Waals surface area contributed by atoms with E-state index in [0.29, 0.717) is 12.8 Å². The van der Waals surface area contributed by atoms with Gasteiger partial charge in [-0.25, -0.2) is 0 Å². The molecule has 23 heavy (non-hydrogen) atoms. The Morgan fingerprint density at radius 2 is 1.87 bits per heavy atom. The molecule has 2 heterocycles. The standard InChI is InChI=1S/C14H15N3O2.2C2H6.H2/c1-8-3-4-9-11(7-8)17(2)16-13(9)10-5-6-12(18)15-14(10)19;2*1-2;/h3-4,7,10H,5-6H2,1-2H3,(H,15,18,19);2*1-2H3;1H. The number of nitrogens with zero attached hydrogens (tertiary/aromatic N) is 2. The fourth-order valence-corrected chi connectivity index (χ4v) is 2.61. The highest BCUT2D eigenvalue weighted by atomic mass is 16.2. The van der Waals surface area contributed by atoms with Crippen molar-refractivity contribution in [1.29, 1.82) is 0 Å². The van der Waals surface area contributed by atoms with E-state index < -0.39 is 0 Å². The lowest BCUT2D eigenvalue weighted by Gasteiger charge is -2.19. The lowest BCUT2D eigenvalue weighted by Crippen LogP contribution is -2.39. The Balaban J connectivity index is 0.000000987. The Morgan fingerprint density at radius 3 is 2.48 bits per heavy atom. The van der Waals surface area contributed by atoms with Gasteiger partial charge < -0.3 is 0 Å². The smallest absolute Gasteiger partial charge is 0.235 e. The van der Waals surface area contributed by atoms with Gasteiger partial charge in [0, 0.05) is 20.3 Å². The third-order valence-corrected chi connectivity index (χ3v) is 3.60. The number of hydrogen-bond acceptors (Lipinski definition) is 3. The molecule has 0 radical (unpaired) electrons. The second kappa shape index (κ2) is 8.46. The van der Waals surface area contributed by atoms with E-state index in [1.54, 1.807) is 4.68 Å². The molecule has 1 saturated heterocycles. The molecule has 1 unspecified atom stereocenters. The average Bonchev–Trinajstić information content (AvgIpc) is 2.88. The number of rotatable bonds is 1. The van der Waals surface area contributed by atoms with E-state index in [2.05, 4.69) is 16.5 Å². The van der Waals surface area contributed by atoms with Gasteiger partial charge in [0.25, 0.3) is 0 Å². The molecule has 1 N–H and O–H groups in total. The predicted octanol–water partition coefficient (Wildman–Crippen LogP) is 3.70. The molecule has 0 spiro atoms. The van der Waals surface area contributed by atoms with E-state index >= 15 is 0 Å². The molecule has 5 heteroatoms. The summed E-state index contributed by atoms with van der Waals surface area (Å²) in [6, 6.07) is 6.06. The van der Waals surface area contributed by atoms with E-state index in [1.165, 1.54) is 0 Å². The molecule has 2 aromatic rings. The fourth-order valence-electron chi connectivity index (χ4n) is 2.61. The van der Waals surface area contributed by atoms with Crippen molar-refractivity contribution in [2.45, 2.75) is 53.4 Å². The van der Waals surface area contributed by atoms with Crippen LogP contribution in [0.15, 0.2) is 18.2 Å². The first-order valence-corrected chi connectivity index (χ1v) is 8.33. The Hall–Kier alpha value is -2.17. The minimum atomic E-state index is -0.330. The summed E-state index contributed by atoms with van der Waals surface area (Å²) in [5, 5.41) is 7.85. The number of benzene rings is 1. The van der Waals surface area contributed by atoms with Crippen molar-refractivity contribution >= 4 is 22.7 Å². The van der Waals surface area contributed by atoms with Crippen LogP contribution in [0.2, 0.25) is 0 Å². The Bertz CT molecular complexity index is 695. The first-order valence-electron chi connectivity index (χ1n) is 8.33. The molecule has 128 valence electrons. The largest absolute Gasteiger partial charge is 0.296 e. The summed E-state index contributed by atoms with van der Waals surface area (Å²) in [5.41, 5.74) is 2.94. The van der Waals surface area contributed by atoms with Crippen LogP contribution in [0.3, 0.4) is 0 Å². The maximum absolute atomic E-state index is 11.9. The molecule has 2 amide bonds. The summed E-state index contributed by atoms with van der Waals surface area (Å²) >= 11 is 0. The predicted molar refractivity (Wildman–Crippen MR) is 95.4 cm³/mol. The van der Waals surface area contributed by atoms with E-state index in [0.717, 1.165) is 22.2 Å². The molecule has 1 aromatic carbocycles. The minimum Gasteiger partial charge on any atom is -0.296 e. The summed E-state index contributed by atoms with van der Waals surface area (Å²) in [7, 11) is 1.87. The minimum absolute atomic E-state index is 0. The van der Waals surface area contributed by atoms with Crippen LogP contribution in [0.4, 0.5) is 0 Å². The lowest BCUT2D eigenvalue weighted by molar-refractivity contribution is -0.134. The van der Waals surface area contributed by atoms with Crippen molar-refractivity contribution in [3.8, 4) is 0 Å². The highest BCUT2D eigenvalue weighted by Gasteiger charge is 2.31. The summed E-state index contributed by atoms with van der Waals surface area (Å²) in [5.74, 6) is -0.765. The molecule has 0 bridgehead atoms. The number of amides is 2. The summed E-state index contributed by atoms with van der Waals surface area (Å²) in [6.07, 6.45) is 0.908. The van der Waals surface area contributed by atoms with Gasteiger partial charge in [-0.1, -0.05) is 39.8 Å². The molecule has 1 aromatic heterocycles. The molecule has 0 aliphatic carbocycles. The zero-order valence-electron chi connectivity index (χ0n) is 14.9. The SMILES string of the molecule is CC.CC.Cc1ccc2c(C3CCC(=O)NC3=O)nn(C)c2c1.[HH]. The summed E-state index contributed by atoms with van der Waals surface area (Å²) in [4.78, 5) is 23.2. The molecule has 5 nitrogen and oxygen atoms in total. The number of piperidine rings is 1. The van der Waals surface area contributed by atoms with Gasteiger partial charge in [-0.15, -0.1) is 0 Å². The van der Waals surface area contributed by atoms with Crippen molar-refractivity contribution in [2.75, 3.05) is 0 Å². The monoisotopic (exact) mass is 319 g/mol. The van der Waals surface area contributed by atoms with Gasteiger partial charge in [0.2, 0.25) is 11.8 Å². The second-order valence-corrected chi connectivity index (χ2v) is 5.03. The quantitative estimate of drug-likeness (QED) is 0.815. The van der Waals surface area contributed by atoms with Crippen molar-refractivity contribution in [3.63, 3.8) is 0 Å². The topological polar surface area (TPSA) is 64.0 Å². The van der Waals surface area contributed by atoms with Gasteiger partial charge in [0.15, 0.2) is 0 Å². The van der Waals surface area contributed by atoms with Crippen LogP contribution in [0.5, 0.6) is 0 Å². The first-order chi connectivity index (χ1) is 11.1. The normalized spacial score (nSPS) is 16.9. The van der Waals surface area contributed by atoms with Gasteiger partial charge >= 0.3 is 0 Å². The van der Waals surface area contributed by atoms with Crippen LogP contribution >= 0.6 is 0 Å². The van der Waals surface area contributed by atoms with Gasteiger partial charge in [-0.2, -0.15) is 5.10 Å². The van der Waals surface area contributed by atoms with Crippen LogP contribution in [0, 0.1) is 6.92 Å². The Kier molecular flexibility index (Phi) is 6.94. The van der Waals surface area contributed by atoms with Crippen molar-refractivity contribution in [2.24, 2.45) is 7.05 Å². The van der Waals surface area contributed by atoms with E-state index in [9.17, 15) is 9.59 Å². The highest BCUT2D eigenvalue weighted by Crippen LogP contribution is 2.30. The Labute approximate surface area is 139 Å². The summed E-state index contributed by atoms with van der Waals surface area (Å²) in [6.45, 7) is 10.0. The molecular formula is C18H29N3O2. The lowest BCUT2D eigenvalue weighted by atomic mass is 9.92. The molecule has 1 aliphatic heterocycles. The number of aromatic nitrogens is 2. The number of fused-ring (bicyclic) bond motifs is 1. The molecule has 0 saturated carbocycles. The molecular weight excluding hydrogens is 290 g/mol. The second-order valence-electron chi connectivity index (χ2n) is 5.03. The Morgan fingerprint density at radius 1 is 1.22 bits per heavy atom. The van der Waals surface area contributed by atoms with Crippen molar-refractivity contribution < 1.29 is 11.0 Å². The number of hydrogen-bond donors (Lipinski definition) is 1. The molecule has 1 atom stereocenters. The van der Waals surface area contributed by atoms with Gasteiger partial charge in [-0.05, 0) is 25.0 Å². The van der Waals surface area contributed by atoms with Gasteiger partial charge in [0.05, 0.1) is 17.1 Å². The zero-order chi connectivity index (χ0) is 17.6. The zero-order valence-corrected chi connectivity index (χ0v) is 14.9. The van der Waals surface area contributed by atoms with Crippen LogP contribution in [-0.2, 0) is 16.6 Å². The van der Waals surface area contributed by atoms with Crippen LogP contribution in [0.25, 0.3) is 10.9 Å². The highest BCUT2D eigenvalue weighted by molar-refractivity contribution is 6.02. The molecule has 1 aliphatic rings. The van der Waals surface area contributed by atoms with Crippen molar-refractivity contribution in [1.82, 2.24) is 15.1 Å². The third-order valence-electron chi connectivity index (χ3n) is 3.60. The van der Waals surface area contributed by atoms with Crippen molar-refractivity contribution in [3.05, 3.63) is 29.5 Å². The summed E-state index contributed by atoms with van der Waals surface area (Å²) < 4.78 is 1.79. The maximum atomic E-state index is 11.9. The third kappa shape index (κ3) is 3.97. The molecule has 3 rings (SSSR count). The number of nitrogens with one attached hydrogen (secondary N) is 1. The van der Waals surface area contributed by atoms with E-state index in [1.807, 2.05) is 53.8 Å². The van der Waals surface area contributed by atoms with Crippen LogP contribution in [0.1, 0.15) is 59.1 Å². The maximum Gasteiger partial charge on any atom is 0.235 e. The van der Waals surface area contributed by atoms with Gasteiger partial charge in [0.1, 0.15) is 0 Å².